The molecule has 2 heterocycles. The lowest BCUT2D eigenvalue weighted by Crippen LogP contribution is -2.30. The van der Waals surface area contributed by atoms with Crippen molar-refractivity contribution in [2.45, 2.75) is 46.4 Å². The molecule has 0 radical (unpaired) electrons. The van der Waals surface area contributed by atoms with Gasteiger partial charge in [-0.15, -0.1) is 0 Å². The zero-order valence-corrected chi connectivity index (χ0v) is 27.2. The van der Waals surface area contributed by atoms with Crippen LogP contribution >= 0.6 is 23.2 Å². The molecule has 0 spiro atoms. The molecule has 1 N–H and O–H groups in total. The average Bonchev–Trinajstić information content (AvgIpc) is 3.08. The van der Waals surface area contributed by atoms with Crippen molar-refractivity contribution in [3.63, 3.8) is 0 Å². The highest BCUT2D eigenvalue weighted by Gasteiger charge is 2.20. The highest BCUT2D eigenvalue weighted by Crippen LogP contribution is 2.26. The Morgan fingerprint density at radius 3 is 1.49 bits per heavy atom. The van der Waals surface area contributed by atoms with Gasteiger partial charge in [-0.3, -0.25) is 28.3 Å². The average molecular weight is 676 g/mol. The van der Waals surface area contributed by atoms with Gasteiger partial charge >= 0.3 is 11.9 Å². The number of hydrogen-bond acceptors (Lipinski definition) is 7. The van der Waals surface area contributed by atoms with E-state index in [-0.39, 0.29) is 34.7 Å². The number of carboxylic acids is 1. The van der Waals surface area contributed by atoms with Crippen molar-refractivity contribution < 1.29 is 19.4 Å². The molecule has 10 nitrogen and oxygen atoms in total. The zero-order chi connectivity index (χ0) is 33.9. The number of carboxylic acid groups (broad SMARTS) is 1. The first-order chi connectivity index (χ1) is 22.6. The summed E-state index contributed by atoms with van der Waals surface area (Å²) in [4.78, 5) is 56.7. The molecule has 0 aliphatic heterocycles. The minimum absolute atomic E-state index is 0.133. The Bertz CT molecular complexity index is 1960. The van der Waals surface area contributed by atoms with E-state index in [1.54, 1.807) is 31.2 Å². The van der Waals surface area contributed by atoms with E-state index in [0.717, 1.165) is 10.1 Å². The van der Waals surface area contributed by atoms with Gasteiger partial charge in [0.2, 0.25) is 0 Å². The summed E-state index contributed by atoms with van der Waals surface area (Å²) >= 11 is 12.5. The van der Waals surface area contributed by atoms with Gasteiger partial charge in [0.05, 0.1) is 11.4 Å². The zero-order valence-electron chi connectivity index (χ0n) is 25.7. The first-order valence-electron chi connectivity index (χ1n) is 14.7. The van der Waals surface area contributed by atoms with Gasteiger partial charge in [-0.05, 0) is 18.4 Å². The van der Waals surface area contributed by atoms with Gasteiger partial charge in [0, 0.05) is 11.1 Å². The normalized spacial score (nSPS) is 10.6. The number of halogens is 2. The van der Waals surface area contributed by atoms with Crippen LogP contribution < -0.4 is 11.1 Å². The van der Waals surface area contributed by atoms with Crippen molar-refractivity contribution >= 4 is 35.1 Å². The van der Waals surface area contributed by atoms with Gasteiger partial charge in [-0.2, -0.15) is 0 Å². The summed E-state index contributed by atoms with van der Waals surface area (Å²) in [6, 6.07) is 27.5. The fraction of sp³-hybridized carbons (Fsp3) is 0.200. The molecule has 12 heteroatoms. The largest absolute Gasteiger partial charge is 0.480 e. The first-order valence-corrected chi connectivity index (χ1v) is 15.5. The lowest BCUT2D eigenvalue weighted by Gasteiger charge is -2.15. The fourth-order valence-electron chi connectivity index (χ4n) is 4.73. The third-order valence-electron chi connectivity index (χ3n) is 6.97. The molecule has 0 atom stereocenters. The highest BCUT2D eigenvalue weighted by molar-refractivity contribution is 6.32. The minimum Gasteiger partial charge on any atom is -0.480 e. The van der Waals surface area contributed by atoms with Gasteiger partial charge in [-0.25, -0.2) is 9.97 Å². The predicted octanol–water partition coefficient (Wildman–Crippen LogP) is 6.08. The summed E-state index contributed by atoms with van der Waals surface area (Å²) < 4.78 is 7.83. The van der Waals surface area contributed by atoms with E-state index in [2.05, 4.69) is 9.97 Å². The van der Waals surface area contributed by atoms with Crippen LogP contribution in [0.2, 0.25) is 10.3 Å². The number of carbonyl (C=O) groups excluding carboxylic acids is 1. The van der Waals surface area contributed by atoms with Crippen LogP contribution in [0.15, 0.2) is 101 Å². The molecule has 3 aromatic carbocycles. The van der Waals surface area contributed by atoms with Crippen LogP contribution in [0.3, 0.4) is 0 Å². The number of benzene rings is 3. The standard InChI is InChI=1S/C21H19ClN2O3.C14H13ClN2O3/c1-2-17-21(26)24(13-18(25)27-14-15-9-5-3-6-10-15)19(20(22)23-17)16-11-7-4-8-12-16;1-2-10-14(20)17(8-11(18)19)12(13(15)16-10)9-6-4-3-5-7-9/h3-12H,2,13-14H2,1H3;3-7H,2,8H2,1H3,(H,18,19). The summed E-state index contributed by atoms with van der Waals surface area (Å²) in [6.45, 7) is 3.06. The Kier molecular flexibility index (Phi) is 12.2. The molecule has 0 unspecified atom stereocenters. The van der Waals surface area contributed by atoms with Crippen molar-refractivity contribution in [1.29, 1.82) is 0 Å². The molecular formula is C35H32Cl2N4O6. The molecule has 0 bridgehead atoms. The lowest BCUT2D eigenvalue weighted by molar-refractivity contribution is -0.145. The second kappa shape index (κ2) is 16.5. The van der Waals surface area contributed by atoms with Gasteiger partial charge in [0.25, 0.3) is 11.1 Å². The number of aryl methyl sites for hydroxylation is 2. The van der Waals surface area contributed by atoms with Gasteiger partial charge in [0.1, 0.15) is 31.1 Å². The number of rotatable bonds is 10. The number of nitrogens with zero attached hydrogens (tertiary/aromatic N) is 4. The number of esters is 1. The topological polar surface area (TPSA) is 133 Å². The monoisotopic (exact) mass is 674 g/mol. The molecule has 242 valence electrons. The van der Waals surface area contributed by atoms with Crippen LogP contribution in [0, 0.1) is 0 Å². The molecular weight excluding hydrogens is 643 g/mol. The van der Waals surface area contributed by atoms with Crippen LogP contribution in [0.4, 0.5) is 0 Å². The van der Waals surface area contributed by atoms with Gasteiger partial charge < -0.3 is 9.84 Å². The van der Waals surface area contributed by atoms with E-state index in [9.17, 15) is 19.2 Å². The quantitative estimate of drug-likeness (QED) is 0.176. The van der Waals surface area contributed by atoms with E-state index in [4.69, 9.17) is 33.0 Å². The molecule has 5 aromatic rings. The SMILES string of the molecule is CCc1nc(Cl)c(-c2ccccc2)n(CC(=O)O)c1=O.CCc1nc(Cl)c(-c2ccccc2)n(CC(=O)OCc2ccccc2)c1=O. The molecule has 0 aliphatic carbocycles. The van der Waals surface area contributed by atoms with Crippen molar-refractivity contribution in [3.05, 3.63) is 139 Å². The molecule has 47 heavy (non-hydrogen) atoms. The Morgan fingerprint density at radius 2 is 1.09 bits per heavy atom. The Labute approximate surface area is 280 Å². The third-order valence-corrected chi connectivity index (χ3v) is 7.50. The van der Waals surface area contributed by atoms with Crippen LogP contribution in [-0.2, 0) is 46.9 Å². The number of hydrogen-bond donors (Lipinski definition) is 1. The van der Waals surface area contributed by atoms with Crippen LogP contribution in [0.1, 0.15) is 30.8 Å². The maximum absolute atomic E-state index is 12.8. The maximum atomic E-state index is 12.8. The summed E-state index contributed by atoms with van der Waals surface area (Å²) in [5.41, 5.74) is 2.81. The number of ether oxygens (including phenoxy) is 1. The maximum Gasteiger partial charge on any atom is 0.326 e. The fourth-order valence-corrected chi connectivity index (χ4v) is 5.35. The number of aliphatic carboxylic acids is 1. The Balaban J connectivity index is 0.000000223. The van der Waals surface area contributed by atoms with Crippen molar-refractivity contribution in [1.82, 2.24) is 19.1 Å². The van der Waals surface area contributed by atoms with Crippen LogP contribution in [-0.4, -0.2) is 36.1 Å². The lowest BCUT2D eigenvalue weighted by atomic mass is 10.1. The number of aromatic nitrogens is 4. The van der Waals surface area contributed by atoms with Crippen molar-refractivity contribution in [2.75, 3.05) is 0 Å². The second-order valence-corrected chi connectivity index (χ2v) is 10.9. The molecule has 0 fully saturated rings. The number of carbonyl (C=O) groups is 2. The molecule has 0 amide bonds. The van der Waals surface area contributed by atoms with E-state index < -0.39 is 24.0 Å². The molecule has 5 rings (SSSR count). The van der Waals surface area contributed by atoms with Crippen molar-refractivity contribution in [2.24, 2.45) is 0 Å². The van der Waals surface area contributed by atoms with E-state index in [1.165, 1.54) is 4.57 Å². The Morgan fingerprint density at radius 1 is 0.681 bits per heavy atom. The van der Waals surface area contributed by atoms with E-state index >= 15 is 0 Å². The third kappa shape index (κ3) is 8.81. The first kappa shape index (κ1) is 34.8. The van der Waals surface area contributed by atoms with Gasteiger partial charge in [0.15, 0.2) is 10.3 Å². The van der Waals surface area contributed by atoms with Crippen LogP contribution in [0.25, 0.3) is 22.5 Å². The predicted molar refractivity (Wildman–Crippen MR) is 181 cm³/mol. The minimum atomic E-state index is -1.10. The summed E-state index contributed by atoms with van der Waals surface area (Å²) in [7, 11) is 0. The van der Waals surface area contributed by atoms with Crippen molar-refractivity contribution in [3.8, 4) is 22.5 Å². The second-order valence-electron chi connectivity index (χ2n) is 10.2. The smallest absolute Gasteiger partial charge is 0.326 e. The van der Waals surface area contributed by atoms with E-state index in [0.29, 0.717) is 41.1 Å². The molecule has 0 saturated carbocycles. The molecule has 0 aliphatic rings. The molecule has 2 aromatic heterocycles. The highest BCUT2D eigenvalue weighted by atomic mass is 35.5. The Hall–Kier alpha value is -5.06. The summed E-state index contributed by atoms with van der Waals surface area (Å²) in [5.74, 6) is -1.61. The van der Waals surface area contributed by atoms with Crippen LogP contribution in [0.5, 0.6) is 0 Å². The molecule has 0 saturated heterocycles. The summed E-state index contributed by atoms with van der Waals surface area (Å²) in [6.07, 6.45) is 0.819. The van der Waals surface area contributed by atoms with E-state index in [1.807, 2.05) is 73.7 Å². The summed E-state index contributed by atoms with van der Waals surface area (Å²) in [5, 5.41) is 9.32. The van der Waals surface area contributed by atoms with Gasteiger partial charge in [-0.1, -0.05) is 128 Å².